The molecule has 190 valence electrons. The molecule has 0 amide bonds. The fourth-order valence-corrected chi connectivity index (χ4v) is 6.02. The number of fused-ring (bicyclic) bond motifs is 1. The van der Waals surface area contributed by atoms with Gasteiger partial charge in [0, 0.05) is 31.6 Å². The molecule has 0 saturated carbocycles. The number of carboxylic acids is 1. The summed E-state index contributed by atoms with van der Waals surface area (Å²) in [7, 11) is -1.92. The van der Waals surface area contributed by atoms with Crippen molar-refractivity contribution in [2.75, 3.05) is 26.7 Å². The zero-order valence-electron chi connectivity index (χ0n) is 20.6. The SMILES string of the molecule is CC=Cc1ccc2c(c1)O[C@@H](CN(C)Cc1ccc(C(=O)O)cc1)[C@@H](C)CN([C@@H](C)CO)S2(=O)=O. The van der Waals surface area contributed by atoms with Crippen LogP contribution in [0.1, 0.15) is 42.3 Å². The summed E-state index contributed by atoms with van der Waals surface area (Å²) in [5.74, 6) is -0.824. The van der Waals surface area contributed by atoms with Crippen LogP contribution < -0.4 is 4.74 Å². The lowest BCUT2D eigenvalue weighted by atomic mass is 10.0. The molecule has 0 aliphatic carbocycles. The molecule has 0 fully saturated rings. The van der Waals surface area contributed by atoms with Crippen molar-refractivity contribution in [2.45, 2.75) is 44.4 Å². The fourth-order valence-electron chi connectivity index (χ4n) is 4.19. The largest absolute Gasteiger partial charge is 0.487 e. The van der Waals surface area contributed by atoms with Crippen LogP contribution >= 0.6 is 0 Å². The predicted molar refractivity (Wildman–Crippen MR) is 135 cm³/mol. The number of hydrogen-bond acceptors (Lipinski definition) is 6. The maximum Gasteiger partial charge on any atom is 0.335 e. The monoisotopic (exact) mass is 502 g/mol. The standard InChI is InChI=1S/C26H34N2O6S/c1-5-6-20-9-12-25-23(13-20)34-24(18(2)14-28(19(3)17-29)35(25,32)33)16-27(4)15-21-7-10-22(11-8-21)26(30)31/h5-13,18-19,24,29H,14-17H2,1-4H3,(H,30,31)/t18-,19-,24-/m0/s1. The van der Waals surface area contributed by atoms with Gasteiger partial charge in [-0.15, -0.1) is 0 Å². The van der Waals surface area contributed by atoms with Gasteiger partial charge in [0.25, 0.3) is 0 Å². The van der Waals surface area contributed by atoms with Gasteiger partial charge in [-0.2, -0.15) is 4.31 Å². The normalized spacial score (nSPS) is 21.2. The van der Waals surface area contributed by atoms with Gasteiger partial charge in [-0.25, -0.2) is 13.2 Å². The summed E-state index contributed by atoms with van der Waals surface area (Å²) >= 11 is 0. The van der Waals surface area contributed by atoms with E-state index in [0.29, 0.717) is 18.8 Å². The van der Waals surface area contributed by atoms with Crippen LogP contribution in [-0.2, 0) is 16.6 Å². The number of carbonyl (C=O) groups is 1. The first-order valence-corrected chi connectivity index (χ1v) is 13.1. The van der Waals surface area contributed by atoms with E-state index in [2.05, 4.69) is 4.90 Å². The van der Waals surface area contributed by atoms with Crippen molar-refractivity contribution in [3.05, 3.63) is 65.2 Å². The number of likely N-dealkylation sites (N-methyl/N-ethyl adjacent to an activating group) is 1. The van der Waals surface area contributed by atoms with Crippen molar-refractivity contribution in [1.29, 1.82) is 0 Å². The van der Waals surface area contributed by atoms with Gasteiger partial charge in [0.1, 0.15) is 16.7 Å². The van der Waals surface area contributed by atoms with Crippen molar-refractivity contribution >= 4 is 22.1 Å². The number of carboxylic acid groups (broad SMARTS) is 1. The summed E-state index contributed by atoms with van der Waals surface area (Å²) in [5, 5.41) is 18.9. The van der Waals surface area contributed by atoms with Gasteiger partial charge in [0.15, 0.2) is 0 Å². The lowest BCUT2D eigenvalue weighted by Gasteiger charge is -2.37. The number of aliphatic hydroxyl groups excluding tert-OH is 1. The van der Waals surface area contributed by atoms with E-state index in [0.717, 1.165) is 11.1 Å². The highest BCUT2D eigenvalue weighted by Gasteiger charge is 2.38. The Morgan fingerprint density at radius 1 is 1.26 bits per heavy atom. The third kappa shape index (κ3) is 6.29. The molecule has 2 aromatic rings. The second kappa shape index (κ2) is 11.3. The first kappa shape index (κ1) is 26.9. The Bertz CT molecular complexity index is 1160. The molecule has 0 unspecified atom stereocenters. The van der Waals surface area contributed by atoms with E-state index in [1.807, 2.05) is 33.0 Å². The number of aromatic carboxylic acids is 1. The molecule has 2 N–H and O–H groups in total. The average Bonchev–Trinajstić information content (AvgIpc) is 2.81. The Morgan fingerprint density at radius 3 is 2.54 bits per heavy atom. The summed E-state index contributed by atoms with van der Waals surface area (Å²) in [6.07, 6.45) is 3.44. The van der Waals surface area contributed by atoms with Crippen LogP contribution in [0.3, 0.4) is 0 Å². The lowest BCUT2D eigenvalue weighted by Crippen LogP contribution is -2.49. The smallest absolute Gasteiger partial charge is 0.335 e. The van der Waals surface area contributed by atoms with Gasteiger partial charge in [0.05, 0.1) is 12.2 Å². The van der Waals surface area contributed by atoms with Crippen molar-refractivity contribution in [3.63, 3.8) is 0 Å². The number of hydrogen-bond donors (Lipinski definition) is 2. The Kier molecular flexibility index (Phi) is 8.71. The summed E-state index contributed by atoms with van der Waals surface area (Å²) in [5.41, 5.74) is 2.04. The molecule has 1 aliphatic heterocycles. The summed E-state index contributed by atoms with van der Waals surface area (Å²) in [6, 6.07) is 11.2. The second-order valence-corrected chi connectivity index (χ2v) is 11.0. The first-order valence-electron chi connectivity index (χ1n) is 11.6. The average molecular weight is 503 g/mol. The maximum absolute atomic E-state index is 13.5. The molecule has 0 bridgehead atoms. The number of allylic oxidation sites excluding steroid dienone is 1. The number of rotatable bonds is 8. The minimum absolute atomic E-state index is 0.0925. The number of ether oxygens (including phenoxy) is 1. The number of benzene rings is 2. The zero-order valence-corrected chi connectivity index (χ0v) is 21.4. The minimum atomic E-state index is -3.87. The first-order chi connectivity index (χ1) is 16.6. The highest BCUT2D eigenvalue weighted by molar-refractivity contribution is 7.89. The molecule has 35 heavy (non-hydrogen) atoms. The van der Waals surface area contributed by atoms with Gasteiger partial charge in [-0.3, -0.25) is 4.90 Å². The van der Waals surface area contributed by atoms with E-state index in [-0.39, 0.29) is 35.6 Å². The number of aliphatic hydroxyl groups is 1. The van der Waals surface area contributed by atoms with E-state index in [1.54, 1.807) is 49.4 Å². The van der Waals surface area contributed by atoms with E-state index in [9.17, 15) is 18.3 Å². The van der Waals surface area contributed by atoms with Crippen LogP contribution in [0.25, 0.3) is 6.08 Å². The molecule has 1 aliphatic rings. The van der Waals surface area contributed by atoms with E-state index in [4.69, 9.17) is 9.84 Å². The van der Waals surface area contributed by atoms with Gasteiger partial charge < -0.3 is 14.9 Å². The molecule has 0 spiro atoms. The third-order valence-corrected chi connectivity index (χ3v) is 8.21. The fraction of sp³-hybridized carbons (Fsp3) is 0.423. The van der Waals surface area contributed by atoms with Crippen molar-refractivity contribution < 1.29 is 28.2 Å². The van der Waals surface area contributed by atoms with Gasteiger partial charge >= 0.3 is 5.97 Å². The lowest BCUT2D eigenvalue weighted by molar-refractivity contribution is 0.0697. The molecule has 0 radical (unpaired) electrons. The maximum atomic E-state index is 13.5. The molecule has 0 aromatic heterocycles. The van der Waals surface area contributed by atoms with Crippen LogP contribution in [0, 0.1) is 5.92 Å². The predicted octanol–water partition coefficient (Wildman–Crippen LogP) is 3.32. The van der Waals surface area contributed by atoms with E-state index in [1.165, 1.54) is 4.31 Å². The molecule has 3 atom stereocenters. The summed E-state index contributed by atoms with van der Waals surface area (Å²) in [6.45, 7) is 6.57. The Hall–Kier alpha value is -2.72. The minimum Gasteiger partial charge on any atom is -0.487 e. The molecule has 0 saturated heterocycles. The van der Waals surface area contributed by atoms with Crippen LogP contribution in [0.15, 0.2) is 53.4 Å². The second-order valence-electron chi connectivity index (χ2n) is 9.14. The Labute approximate surface area is 207 Å². The summed E-state index contributed by atoms with van der Waals surface area (Å²) < 4.78 is 34.7. The topological polar surface area (TPSA) is 107 Å². The third-order valence-electron chi connectivity index (χ3n) is 6.20. The van der Waals surface area contributed by atoms with E-state index < -0.39 is 22.0 Å². The zero-order chi connectivity index (χ0) is 25.8. The quantitative estimate of drug-likeness (QED) is 0.570. The van der Waals surface area contributed by atoms with E-state index >= 15 is 0 Å². The van der Waals surface area contributed by atoms with Crippen LogP contribution in [0.2, 0.25) is 0 Å². The van der Waals surface area contributed by atoms with Gasteiger partial charge in [-0.05, 0) is 56.3 Å². The Morgan fingerprint density at radius 2 is 1.94 bits per heavy atom. The highest BCUT2D eigenvalue weighted by Crippen LogP contribution is 2.34. The van der Waals surface area contributed by atoms with Crippen LogP contribution in [0.5, 0.6) is 5.75 Å². The van der Waals surface area contributed by atoms with Gasteiger partial charge in [0.2, 0.25) is 10.0 Å². The molecule has 9 heteroatoms. The molecule has 1 heterocycles. The molecule has 8 nitrogen and oxygen atoms in total. The van der Waals surface area contributed by atoms with Crippen LogP contribution in [-0.4, -0.2) is 72.7 Å². The van der Waals surface area contributed by atoms with Crippen molar-refractivity contribution in [2.24, 2.45) is 5.92 Å². The van der Waals surface area contributed by atoms with Crippen molar-refractivity contribution in [3.8, 4) is 5.75 Å². The summed E-state index contributed by atoms with van der Waals surface area (Å²) in [4.78, 5) is 13.3. The molecule has 2 aromatic carbocycles. The van der Waals surface area contributed by atoms with Gasteiger partial charge in [-0.1, -0.05) is 37.3 Å². The molecule has 3 rings (SSSR count). The number of sulfonamides is 1. The molecular weight excluding hydrogens is 468 g/mol. The Balaban J connectivity index is 1.91. The molecular formula is C26H34N2O6S. The van der Waals surface area contributed by atoms with Crippen molar-refractivity contribution in [1.82, 2.24) is 9.21 Å². The highest BCUT2D eigenvalue weighted by atomic mass is 32.2. The number of nitrogens with zero attached hydrogens (tertiary/aromatic N) is 2. The van der Waals surface area contributed by atoms with Crippen LogP contribution in [0.4, 0.5) is 0 Å².